The Kier molecular flexibility index (Phi) is 6.11. The van der Waals surface area contributed by atoms with E-state index in [1.165, 1.54) is 30.6 Å². The summed E-state index contributed by atoms with van der Waals surface area (Å²) in [6.07, 6.45) is -0.734. The molecule has 1 fully saturated rings. The zero-order chi connectivity index (χ0) is 23.6. The van der Waals surface area contributed by atoms with Crippen LogP contribution in [-0.4, -0.2) is 49.5 Å². The number of hydrogen-bond donors (Lipinski definition) is 1. The fourth-order valence-electron chi connectivity index (χ4n) is 3.43. The van der Waals surface area contributed by atoms with E-state index in [1.54, 1.807) is 12.1 Å². The highest BCUT2D eigenvalue weighted by atomic mass is 32.2. The molecule has 0 amide bonds. The van der Waals surface area contributed by atoms with E-state index in [-0.39, 0.29) is 10.7 Å². The molecular weight excluding hydrogens is 457 g/mol. The van der Waals surface area contributed by atoms with Crippen LogP contribution in [0.15, 0.2) is 59.9 Å². The molecule has 174 valence electrons. The summed E-state index contributed by atoms with van der Waals surface area (Å²) in [6, 6.07) is 8.81. The molecule has 0 saturated carbocycles. The number of benzene rings is 1. The first-order chi connectivity index (χ1) is 15.6. The first-order valence-corrected chi connectivity index (χ1v) is 11.6. The third-order valence-electron chi connectivity index (χ3n) is 5.22. The molecule has 1 saturated heterocycles. The van der Waals surface area contributed by atoms with Crippen molar-refractivity contribution in [3.05, 3.63) is 66.1 Å². The average molecular weight is 479 g/mol. The van der Waals surface area contributed by atoms with Crippen LogP contribution in [-0.2, 0) is 16.2 Å². The van der Waals surface area contributed by atoms with Gasteiger partial charge in [0.1, 0.15) is 5.82 Å². The van der Waals surface area contributed by atoms with Gasteiger partial charge in [0.05, 0.1) is 10.5 Å². The fraction of sp³-hybridized carbons (Fsp3) is 0.286. The molecule has 1 aromatic carbocycles. The monoisotopic (exact) mass is 478 g/mol. The summed E-state index contributed by atoms with van der Waals surface area (Å²) >= 11 is 0. The maximum atomic E-state index is 12.8. The van der Waals surface area contributed by atoms with E-state index in [2.05, 4.69) is 19.7 Å². The van der Waals surface area contributed by atoms with E-state index < -0.39 is 21.8 Å². The molecule has 2 aromatic heterocycles. The van der Waals surface area contributed by atoms with E-state index in [0.717, 1.165) is 17.8 Å². The smallest absolute Gasteiger partial charge is 0.353 e. The van der Waals surface area contributed by atoms with Crippen LogP contribution >= 0.6 is 0 Å². The van der Waals surface area contributed by atoms with E-state index in [1.807, 2.05) is 16.7 Å². The number of pyridine rings is 1. The Hall–Kier alpha value is -3.41. The summed E-state index contributed by atoms with van der Waals surface area (Å²) in [6.45, 7) is 3.73. The number of aromatic nitrogens is 3. The zero-order valence-corrected chi connectivity index (χ0v) is 18.4. The van der Waals surface area contributed by atoms with Crippen LogP contribution in [0.3, 0.4) is 0 Å². The highest BCUT2D eigenvalue weighted by molar-refractivity contribution is 7.92. The Labute approximate surface area is 189 Å². The predicted octanol–water partition coefficient (Wildman–Crippen LogP) is 3.33. The molecule has 8 nitrogen and oxygen atoms in total. The van der Waals surface area contributed by atoms with Crippen molar-refractivity contribution in [2.45, 2.75) is 18.0 Å². The Morgan fingerprint density at radius 1 is 0.879 bits per heavy atom. The second-order valence-corrected chi connectivity index (χ2v) is 9.21. The normalized spacial score (nSPS) is 14.9. The second kappa shape index (κ2) is 8.85. The highest BCUT2D eigenvalue weighted by Crippen LogP contribution is 2.30. The molecule has 0 aliphatic carbocycles. The summed E-state index contributed by atoms with van der Waals surface area (Å²) in [5, 5.41) is 0. The quantitative estimate of drug-likeness (QED) is 0.602. The molecule has 4 rings (SSSR count). The van der Waals surface area contributed by atoms with Crippen molar-refractivity contribution in [3.63, 3.8) is 0 Å². The van der Waals surface area contributed by atoms with Crippen LogP contribution in [0.25, 0.3) is 0 Å². The van der Waals surface area contributed by atoms with Crippen LogP contribution in [0.2, 0.25) is 0 Å². The number of aryl methyl sites for hydroxylation is 1. The summed E-state index contributed by atoms with van der Waals surface area (Å²) < 4.78 is 66.4. The molecule has 33 heavy (non-hydrogen) atoms. The lowest BCUT2D eigenvalue weighted by Gasteiger charge is -2.36. The largest absolute Gasteiger partial charge is 0.417 e. The third kappa shape index (κ3) is 5.16. The molecule has 0 radical (unpaired) electrons. The van der Waals surface area contributed by atoms with E-state index >= 15 is 0 Å². The molecule has 0 atom stereocenters. The SMILES string of the molecule is Cc1ccc(S(=O)(=O)Nc2nccnc2N2CCN(c3ccc(C(F)(F)F)cn3)CC2)cc1. The van der Waals surface area contributed by atoms with Crippen LogP contribution in [0.5, 0.6) is 0 Å². The molecule has 1 aliphatic rings. The standard InChI is InChI=1S/C21H21F3N6O2S/c1-15-2-5-17(6-3-15)33(31,32)28-19-20(26-9-8-25-19)30-12-10-29(11-13-30)18-7-4-16(14-27-18)21(22,23)24/h2-9,14H,10-13H2,1H3,(H,25,28). The van der Waals surface area contributed by atoms with Gasteiger partial charge < -0.3 is 9.80 Å². The first kappa shape index (κ1) is 22.8. The molecule has 1 aliphatic heterocycles. The Balaban J connectivity index is 1.47. The number of alkyl halides is 3. The van der Waals surface area contributed by atoms with Crippen molar-refractivity contribution in [1.82, 2.24) is 15.0 Å². The van der Waals surface area contributed by atoms with Crippen molar-refractivity contribution in [2.24, 2.45) is 0 Å². The Bertz CT molecular complexity index is 1210. The molecule has 0 unspecified atom stereocenters. The molecular formula is C21H21F3N6O2S. The number of halogens is 3. The van der Waals surface area contributed by atoms with Gasteiger partial charge in [0.25, 0.3) is 10.0 Å². The molecule has 0 bridgehead atoms. The molecule has 1 N–H and O–H groups in total. The molecule has 12 heteroatoms. The maximum Gasteiger partial charge on any atom is 0.417 e. The highest BCUT2D eigenvalue weighted by Gasteiger charge is 2.31. The number of nitrogens with one attached hydrogen (secondary N) is 1. The van der Waals surface area contributed by atoms with E-state index in [0.29, 0.717) is 37.8 Å². The minimum atomic E-state index is -4.43. The van der Waals surface area contributed by atoms with Gasteiger partial charge in [0, 0.05) is 44.8 Å². The van der Waals surface area contributed by atoms with Gasteiger partial charge in [-0.05, 0) is 31.2 Å². The predicted molar refractivity (Wildman–Crippen MR) is 118 cm³/mol. The van der Waals surface area contributed by atoms with Gasteiger partial charge in [-0.2, -0.15) is 13.2 Å². The van der Waals surface area contributed by atoms with Gasteiger partial charge in [-0.15, -0.1) is 0 Å². The molecule has 3 aromatic rings. The van der Waals surface area contributed by atoms with Crippen molar-refractivity contribution < 1.29 is 21.6 Å². The Morgan fingerprint density at radius 2 is 1.52 bits per heavy atom. The van der Waals surface area contributed by atoms with Gasteiger partial charge in [-0.3, -0.25) is 4.72 Å². The van der Waals surface area contributed by atoms with Crippen molar-refractivity contribution >= 4 is 27.5 Å². The van der Waals surface area contributed by atoms with Gasteiger partial charge in [0.2, 0.25) is 0 Å². The molecule has 0 spiro atoms. The van der Waals surface area contributed by atoms with Crippen molar-refractivity contribution in [2.75, 3.05) is 40.7 Å². The van der Waals surface area contributed by atoms with Crippen LogP contribution in [0.1, 0.15) is 11.1 Å². The van der Waals surface area contributed by atoms with Gasteiger partial charge in [0.15, 0.2) is 11.6 Å². The lowest BCUT2D eigenvalue weighted by Crippen LogP contribution is -2.47. The van der Waals surface area contributed by atoms with Crippen molar-refractivity contribution in [3.8, 4) is 0 Å². The topological polar surface area (TPSA) is 91.3 Å². The van der Waals surface area contributed by atoms with Crippen molar-refractivity contribution in [1.29, 1.82) is 0 Å². The lowest BCUT2D eigenvalue weighted by molar-refractivity contribution is -0.137. The van der Waals surface area contributed by atoms with Crippen LogP contribution in [0.4, 0.5) is 30.6 Å². The van der Waals surface area contributed by atoms with Gasteiger partial charge in [-0.1, -0.05) is 17.7 Å². The number of nitrogens with zero attached hydrogens (tertiary/aromatic N) is 5. The van der Waals surface area contributed by atoms with E-state index in [9.17, 15) is 21.6 Å². The minimum Gasteiger partial charge on any atom is -0.353 e. The number of rotatable bonds is 5. The fourth-order valence-corrected chi connectivity index (χ4v) is 4.44. The van der Waals surface area contributed by atoms with Crippen LogP contribution in [0, 0.1) is 6.92 Å². The van der Waals surface area contributed by atoms with E-state index in [4.69, 9.17) is 0 Å². The van der Waals surface area contributed by atoms with Gasteiger partial charge in [-0.25, -0.2) is 23.4 Å². The summed E-state index contributed by atoms with van der Waals surface area (Å²) in [5.41, 5.74) is 0.143. The zero-order valence-electron chi connectivity index (χ0n) is 17.6. The average Bonchev–Trinajstić information content (AvgIpc) is 2.79. The number of sulfonamides is 1. The third-order valence-corrected chi connectivity index (χ3v) is 6.57. The number of hydrogen-bond acceptors (Lipinski definition) is 7. The number of piperazine rings is 1. The summed E-state index contributed by atoms with van der Waals surface area (Å²) in [7, 11) is -3.85. The van der Waals surface area contributed by atoms with Crippen LogP contribution < -0.4 is 14.5 Å². The summed E-state index contributed by atoms with van der Waals surface area (Å²) in [4.78, 5) is 16.3. The number of anilines is 3. The first-order valence-electron chi connectivity index (χ1n) is 10.1. The minimum absolute atomic E-state index is 0.110. The Morgan fingerprint density at radius 3 is 2.12 bits per heavy atom. The molecule has 3 heterocycles. The lowest BCUT2D eigenvalue weighted by atomic mass is 10.2. The maximum absolute atomic E-state index is 12.8. The summed E-state index contributed by atoms with van der Waals surface area (Å²) in [5.74, 6) is 0.939. The second-order valence-electron chi connectivity index (χ2n) is 7.52. The van der Waals surface area contributed by atoms with Gasteiger partial charge >= 0.3 is 6.18 Å².